The standard InChI is InChI=1S/C9H7FO4/c10-6-3-8-7(13-4-14-8)1-5(6)2-9(11)12/h1,3H,2,4H2,(H,11,12). The van der Waals surface area contributed by atoms with Crippen molar-refractivity contribution in [1.82, 2.24) is 0 Å². The molecule has 0 saturated heterocycles. The van der Waals surface area contributed by atoms with Gasteiger partial charge in [0.1, 0.15) is 5.82 Å². The molecule has 2 rings (SSSR count). The van der Waals surface area contributed by atoms with Crippen LogP contribution in [0.15, 0.2) is 12.1 Å². The van der Waals surface area contributed by atoms with Gasteiger partial charge in [-0.15, -0.1) is 0 Å². The van der Waals surface area contributed by atoms with Crippen molar-refractivity contribution < 1.29 is 23.8 Å². The Hall–Kier alpha value is -1.78. The summed E-state index contributed by atoms with van der Waals surface area (Å²) in [4.78, 5) is 10.4. The number of aliphatic carboxylic acids is 1. The summed E-state index contributed by atoms with van der Waals surface area (Å²) in [6, 6.07) is 2.49. The Bertz CT molecular complexity index is 389. The Kier molecular flexibility index (Phi) is 1.99. The third-order valence-corrected chi connectivity index (χ3v) is 1.88. The lowest BCUT2D eigenvalue weighted by atomic mass is 10.1. The fraction of sp³-hybridized carbons (Fsp3) is 0.222. The SMILES string of the molecule is O=C(O)Cc1cc2c(cc1F)OCO2. The average Bonchev–Trinajstić information content (AvgIpc) is 2.51. The van der Waals surface area contributed by atoms with Crippen LogP contribution in [0.25, 0.3) is 0 Å². The molecule has 1 aliphatic rings. The molecule has 1 N–H and O–H groups in total. The van der Waals surface area contributed by atoms with Gasteiger partial charge in [-0.05, 0) is 6.07 Å². The van der Waals surface area contributed by atoms with E-state index >= 15 is 0 Å². The summed E-state index contributed by atoms with van der Waals surface area (Å²) in [5.74, 6) is -0.960. The van der Waals surface area contributed by atoms with Crippen LogP contribution in [0.2, 0.25) is 0 Å². The van der Waals surface area contributed by atoms with E-state index in [1.54, 1.807) is 0 Å². The van der Waals surface area contributed by atoms with Crippen LogP contribution in [0, 0.1) is 5.82 Å². The zero-order valence-electron chi connectivity index (χ0n) is 7.12. The van der Waals surface area contributed by atoms with E-state index in [-0.39, 0.29) is 18.8 Å². The highest BCUT2D eigenvalue weighted by Crippen LogP contribution is 2.34. The van der Waals surface area contributed by atoms with Crippen molar-refractivity contribution in [1.29, 1.82) is 0 Å². The number of carboxylic acids is 1. The molecule has 0 fully saturated rings. The summed E-state index contributed by atoms with van der Waals surface area (Å²) in [6.45, 7) is 0.0469. The van der Waals surface area contributed by atoms with Gasteiger partial charge in [-0.2, -0.15) is 0 Å². The van der Waals surface area contributed by atoms with E-state index < -0.39 is 11.8 Å². The van der Waals surface area contributed by atoms with Crippen molar-refractivity contribution in [3.05, 3.63) is 23.5 Å². The summed E-state index contributed by atoms with van der Waals surface area (Å²) >= 11 is 0. The molecule has 5 heteroatoms. The fourth-order valence-corrected chi connectivity index (χ4v) is 1.26. The van der Waals surface area contributed by atoms with E-state index in [0.717, 1.165) is 6.07 Å². The Morgan fingerprint density at radius 1 is 1.43 bits per heavy atom. The molecular formula is C9H7FO4. The van der Waals surface area contributed by atoms with Crippen LogP contribution in [0.3, 0.4) is 0 Å². The molecule has 0 aromatic heterocycles. The number of benzene rings is 1. The minimum Gasteiger partial charge on any atom is -0.481 e. The lowest BCUT2D eigenvalue weighted by molar-refractivity contribution is -0.136. The summed E-state index contributed by atoms with van der Waals surface area (Å²) in [7, 11) is 0. The average molecular weight is 198 g/mol. The molecule has 1 aromatic carbocycles. The van der Waals surface area contributed by atoms with Crippen molar-refractivity contribution in [3.63, 3.8) is 0 Å². The molecule has 0 spiro atoms. The zero-order chi connectivity index (χ0) is 10.1. The molecule has 14 heavy (non-hydrogen) atoms. The summed E-state index contributed by atoms with van der Waals surface area (Å²) in [5, 5.41) is 8.50. The first-order chi connectivity index (χ1) is 6.66. The van der Waals surface area contributed by atoms with Gasteiger partial charge in [-0.1, -0.05) is 0 Å². The summed E-state index contributed by atoms with van der Waals surface area (Å²) < 4.78 is 23.1. The van der Waals surface area contributed by atoms with E-state index in [9.17, 15) is 9.18 Å². The van der Waals surface area contributed by atoms with Gasteiger partial charge in [0.05, 0.1) is 6.42 Å². The monoisotopic (exact) mass is 198 g/mol. The number of hydrogen-bond acceptors (Lipinski definition) is 3. The number of carboxylic acid groups (broad SMARTS) is 1. The second kappa shape index (κ2) is 3.17. The topological polar surface area (TPSA) is 55.8 Å². The van der Waals surface area contributed by atoms with Crippen LogP contribution >= 0.6 is 0 Å². The van der Waals surface area contributed by atoms with E-state index in [1.165, 1.54) is 6.07 Å². The Morgan fingerprint density at radius 3 is 2.71 bits per heavy atom. The molecule has 0 aliphatic carbocycles. The Balaban J connectivity index is 2.37. The van der Waals surface area contributed by atoms with Crippen molar-refractivity contribution >= 4 is 5.97 Å². The number of halogens is 1. The minimum absolute atomic E-state index is 0.0469. The number of carbonyl (C=O) groups is 1. The summed E-state index contributed by atoms with van der Waals surface area (Å²) in [6.07, 6.45) is -0.359. The number of hydrogen-bond donors (Lipinski definition) is 1. The van der Waals surface area contributed by atoms with Crippen molar-refractivity contribution in [2.45, 2.75) is 6.42 Å². The second-order valence-corrected chi connectivity index (χ2v) is 2.87. The van der Waals surface area contributed by atoms with E-state index in [2.05, 4.69) is 0 Å². The van der Waals surface area contributed by atoms with Gasteiger partial charge in [0.15, 0.2) is 11.5 Å². The van der Waals surface area contributed by atoms with Gasteiger partial charge < -0.3 is 14.6 Å². The second-order valence-electron chi connectivity index (χ2n) is 2.87. The molecule has 0 radical (unpaired) electrons. The first kappa shape index (κ1) is 8.80. The van der Waals surface area contributed by atoms with Gasteiger partial charge in [-0.3, -0.25) is 4.79 Å². The van der Waals surface area contributed by atoms with Crippen LogP contribution in [-0.2, 0) is 11.2 Å². The van der Waals surface area contributed by atoms with Crippen molar-refractivity contribution in [3.8, 4) is 11.5 Å². The molecule has 0 unspecified atom stereocenters. The first-order valence-corrected chi connectivity index (χ1v) is 3.96. The number of ether oxygens (including phenoxy) is 2. The van der Waals surface area contributed by atoms with Crippen LogP contribution in [-0.4, -0.2) is 17.9 Å². The highest BCUT2D eigenvalue weighted by Gasteiger charge is 2.18. The van der Waals surface area contributed by atoms with Crippen LogP contribution in [0.1, 0.15) is 5.56 Å². The van der Waals surface area contributed by atoms with E-state index in [1.807, 2.05) is 0 Å². The van der Waals surface area contributed by atoms with Gasteiger partial charge in [-0.25, -0.2) is 4.39 Å². The Morgan fingerprint density at radius 2 is 2.07 bits per heavy atom. The zero-order valence-corrected chi connectivity index (χ0v) is 7.12. The normalized spacial score (nSPS) is 12.9. The van der Waals surface area contributed by atoms with Gasteiger partial charge in [0, 0.05) is 11.6 Å². The molecule has 0 amide bonds. The van der Waals surface area contributed by atoms with Crippen molar-refractivity contribution in [2.75, 3.05) is 6.79 Å². The quantitative estimate of drug-likeness (QED) is 0.775. The molecule has 0 bridgehead atoms. The fourth-order valence-electron chi connectivity index (χ4n) is 1.26. The molecule has 0 atom stereocenters. The van der Waals surface area contributed by atoms with Crippen LogP contribution < -0.4 is 9.47 Å². The molecule has 1 heterocycles. The molecule has 1 aliphatic heterocycles. The first-order valence-electron chi connectivity index (χ1n) is 3.96. The molecule has 74 valence electrons. The third kappa shape index (κ3) is 1.48. The molecule has 1 aromatic rings. The maximum atomic E-state index is 13.2. The number of rotatable bonds is 2. The predicted molar refractivity (Wildman–Crippen MR) is 43.9 cm³/mol. The van der Waals surface area contributed by atoms with Crippen LogP contribution in [0.4, 0.5) is 4.39 Å². The highest BCUT2D eigenvalue weighted by molar-refractivity contribution is 5.70. The molecular weight excluding hydrogens is 191 g/mol. The maximum absolute atomic E-state index is 13.2. The highest BCUT2D eigenvalue weighted by atomic mass is 19.1. The van der Waals surface area contributed by atoms with Crippen LogP contribution in [0.5, 0.6) is 11.5 Å². The van der Waals surface area contributed by atoms with Gasteiger partial charge >= 0.3 is 5.97 Å². The summed E-state index contributed by atoms with van der Waals surface area (Å²) in [5.41, 5.74) is 0.0988. The van der Waals surface area contributed by atoms with Gasteiger partial charge in [0.25, 0.3) is 0 Å². The predicted octanol–water partition coefficient (Wildman–Crippen LogP) is 1.18. The third-order valence-electron chi connectivity index (χ3n) is 1.88. The van der Waals surface area contributed by atoms with E-state index in [0.29, 0.717) is 11.5 Å². The lowest BCUT2D eigenvalue weighted by Gasteiger charge is -2.01. The van der Waals surface area contributed by atoms with E-state index in [4.69, 9.17) is 14.6 Å². The maximum Gasteiger partial charge on any atom is 0.307 e. The smallest absolute Gasteiger partial charge is 0.307 e. The Labute approximate surface area is 78.9 Å². The van der Waals surface area contributed by atoms with Gasteiger partial charge in [0.2, 0.25) is 6.79 Å². The lowest BCUT2D eigenvalue weighted by Crippen LogP contribution is -2.02. The largest absolute Gasteiger partial charge is 0.481 e. The molecule has 4 nitrogen and oxygen atoms in total. The minimum atomic E-state index is -1.08. The number of fused-ring (bicyclic) bond motifs is 1. The van der Waals surface area contributed by atoms with Crippen molar-refractivity contribution in [2.24, 2.45) is 0 Å². The molecule has 0 saturated carbocycles.